The first kappa shape index (κ1) is 8.77. The van der Waals surface area contributed by atoms with Crippen molar-refractivity contribution in [3.05, 3.63) is 24.8 Å². The summed E-state index contributed by atoms with van der Waals surface area (Å²) in [6, 6.07) is 0. The molecule has 0 aliphatic heterocycles. The van der Waals surface area contributed by atoms with Crippen LogP contribution in [0.5, 0.6) is 0 Å². The lowest BCUT2D eigenvalue weighted by molar-refractivity contribution is 0.838. The number of aryl methyl sites for hydroxylation is 1. The first-order valence-corrected chi connectivity index (χ1v) is 5.11. The van der Waals surface area contributed by atoms with Crippen molar-refractivity contribution in [3.63, 3.8) is 0 Å². The Morgan fingerprint density at radius 2 is 2.55 bits per heavy atom. The SMILES string of the molecule is C=Cn1ccnc1CCCI. The zero-order valence-corrected chi connectivity index (χ0v) is 8.49. The van der Waals surface area contributed by atoms with E-state index < -0.39 is 0 Å². The summed E-state index contributed by atoms with van der Waals surface area (Å²) in [4.78, 5) is 4.21. The lowest BCUT2D eigenvalue weighted by Crippen LogP contribution is -1.95. The van der Waals surface area contributed by atoms with Gasteiger partial charge in [-0.2, -0.15) is 0 Å². The van der Waals surface area contributed by atoms with E-state index in [9.17, 15) is 0 Å². The highest BCUT2D eigenvalue weighted by Gasteiger charge is 1.97. The van der Waals surface area contributed by atoms with Crippen LogP contribution in [0.1, 0.15) is 12.2 Å². The molecule has 2 nitrogen and oxygen atoms in total. The maximum absolute atomic E-state index is 4.21. The van der Waals surface area contributed by atoms with Crippen LogP contribution in [0.2, 0.25) is 0 Å². The van der Waals surface area contributed by atoms with E-state index in [2.05, 4.69) is 34.2 Å². The molecule has 0 spiro atoms. The number of alkyl halides is 1. The zero-order valence-electron chi connectivity index (χ0n) is 6.33. The van der Waals surface area contributed by atoms with Gasteiger partial charge in [0.2, 0.25) is 0 Å². The van der Waals surface area contributed by atoms with Gasteiger partial charge < -0.3 is 4.57 Å². The molecule has 0 unspecified atom stereocenters. The minimum absolute atomic E-state index is 1.04. The van der Waals surface area contributed by atoms with Gasteiger partial charge in [-0.15, -0.1) is 0 Å². The Morgan fingerprint density at radius 3 is 3.18 bits per heavy atom. The van der Waals surface area contributed by atoms with E-state index in [4.69, 9.17) is 0 Å². The number of hydrogen-bond donors (Lipinski definition) is 0. The van der Waals surface area contributed by atoms with E-state index in [0.717, 1.165) is 12.2 Å². The minimum atomic E-state index is 1.04. The van der Waals surface area contributed by atoms with E-state index in [-0.39, 0.29) is 0 Å². The molecule has 1 aromatic heterocycles. The van der Waals surface area contributed by atoms with Gasteiger partial charge in [0.25, 0.3) is 0 Å². The number of halogens is 1. The van der Waals surface area contributed by atoms with Gasteiger partial charge in [0, 0.05) is 25.0 Å². The van der Waals surface area contributed by atoms with E-state index >= 15 is 0 Å². The van der Waals surface area contributed by atoms with Crippen molar-refractivity contribution < 1.29 is 0 Å². The zero-order chi connectivity index (χ0) is 8.10. The Kier molecular flexibility index (Phi) is 3.62. The molecule has 0 saturated heterocycles. The molecular weight excluding hydrogens is 251 g/mol. The Balaban J connectivity index is 2.61. The first-order valence-electron chi connectivity index (χ1n) is 3.58. The smallest absolute Gasteiger partial charge is 0.112 e. The van der Waals surface area contributed by atoms with Crippen molar-refractivity contribution in [1.82, 2.24) is 9.55 Å². The summed E-state index contributed by atoms with van der Waals surface area (Å²) in [6.07, 6.45) is 7.75. The predicted molar refractivity (Wildman–Crippen MR) is 55.8 cm³/mol. The van der Waals surface area contributed by atoms with Gasteiger partial charge in [-0.25, -0.2) is 4.98 Å². The molecule has 0 saturated carbocycles. The molecule has 0 aliphatic rings. The molecule has 1 heterocycles. The average molecular weight is 262 g/mol. The summed E-state index contributed by atoms with van der Waals surface area (Å²) in [7, 11) is 0. The molecule has 0 aliphatic carbocycles. The number of imidazole rings is 1. The van der Waals surface area contributed by atoms with Gasteiger partial charge in [-0.3, -0.25) is 0 Å². The lowest BCUT2D eigenvalue weighted by Gasteiger charge is -1.98. The summed E-state index contributed by atoms with van der Waals surface area (Å²) < 4.78 is 3.15. The second kappa shape index (κ2) is 4.54. The van der Waals surface area contributed by atoms with Crippen LogP contribution in [0.15, 0.2) is 19.0 Å². The highest BCUT2D eigenvalue weighted by atomic mass is 127. The topological polar surface area (TPSA) is 17.8 Å². The van der Waals surface area contributed by atoms with Crippen molar-refractivity contribution in [3.8, 4) is 0 Å². The fraction of sp³-hybridized carbons (Fsp3) is 0.375. The Morgan fingerprint density at radius 1 is 1.73 bits per heavy atom. The molecule has 3 heteroatoms. The predicted octanol–water partition coefficient (Wildman–Crippen LogP) is 2.35. The Labute approximate surface area is 80.5 Å². The summed E-state index contributed by atoms with van der Waals surface area (Å²) in [5.74, 6) is 1.11. The van der Waals surface area contributed by atoms with Gasteiger partial charge in [-0.1, -0.05) is 29.2 Å². The maximum atomic E-state index is 4.21. The molecule has 0 amide bonds. The molecule has 0 radical (unpaired) electrons. The summed E-state index contributed by atoms with van der Waals surface area (Å²) in [5.41, 5.74) is 0. The lowest BCUT2D eigenvalue weighted by atomic mass is 10.3. The molecule has 0 fully saturated rings. The summed E-state index contributed by atoms with van der Waals surface area (Å²) in [6.45, 7) is 3.69. The van der Waals surface area contributed by atoms with Gasteiger partial charge in [0.1, 0.15) is 5.82 Å². The van der Waals surface area contributed by atoms with E-state index in [1.165, 1.54) is 10.8 Å². The monoisotopic (exact) mass is 262 g/mol. The van der Waals surface area contributed by atoms with Crippen molar-refractivity contribution >= 4 is 28.8 Å². The van der Waals surface area contributed by atoms with Crippen LogP contribution in [0.25, 0.3) is 6.20 Å². The molecule has 0 atom stereocenters. The number of hydrogen-bond acceptors (Lipinski definition) is 1. The number of aromatic nitrogens is 2. The third-order valence-electron chi connectivity index (χ3n) is 1.48. The molecule has 60 valence electrons. The van der Waals surface area contributed by atoms with Gasteiger partial charge in [-0.05, 0) is 10.8 Å². The quantitative estimate of drug-likeness (QED) is 0.601. The molecule has 1 aromatic rings. The molecular formula is C8H11IN2. The van der Waals surface area contributed by atoms with Crippen LogP contribution in [0.3, 0.4) is 0 Å². The van der Waals surface area contributed by atoms with E-state index in [1.54, 1.807) is 6.20 Å². The highest BCUT2D eigenvalue weighted by Crippen LogP contribution is 2.02. The molecule has 11 heavy (non-hydrogen) atoms. The van der Waals surface area contributed by atoms with Crippen LogP contribution in [0, 0.1) is 0 Å². The van der Waals surface area contributed by atoms with Crippen molar-refractivity contribution in [2.24, 2.45) is 0 Å². The fourth-order valence-corrected chi connectivity index (χ4v) is 1.31. The van der Waals surface area contributed by atoms with Crippen LogP contribution in [-0.4, -0.2) is 14.0 Å². The summed E-state index contributed by atoms with van der Waals surface area (Å²) in [5, 5.41) is 0. The standard InChI is InChI=1S/C8H11IN2/c1-2-11-7-6-10-8(11)4-3-5-9/h2,6-7H,1,3-5H2. The van der Waals surface area contributed by atoms with Gasteiger partial charge in [0.15, 0.2) is 0 Å². The van der Waals surface area contributed by atoms with E-state index in [1.807, 2.05) is 17.0 Å². The number of rotatable bonds is 4. The highest BCUT2D eigenvalue weighted by molar-refractivity contribution is 14.1. The van der Waals surface area contributed by atoms with Crippen molar-refractivity contribution in [2.45, 2.75) is 12.8 Å². The molecule has 0 N–H and O–H groups in total. The van der Waals surface area contributed by atoms with Crippen molar-refractivity contribution in [2.75, 3.05) is 4.43 Å². The third-order valence-corrected chi connectivity index (χ3v) is 2.24. The van der Waals surface area contributed by atoms with Crippen LogP contribution in [-0.2, 0) is 6.42 Å². The second-order valence-electron chi connectivity index (χ2n) is 2.23. The minimum Gasteiger partial charge on any atom is -0.311 e. The average Bonchev–Trinajstić information content (AvgIpc) is 2.47. The normalized spacial score (nSPS) is 9.91. The third kappa shape index (κ3) is 2.32. The van der Waals surface area contributed by atoms with Gasteiger partial charge in [0.05, 0.1) is 0 Å². The first-order chi connectivity index (χ1) is 5.38. The second-order valence-corrected chi connectivity index (χ2v) is 3.30. The number of nitrogens with zero attached hydrogens (tertiary/aromatic N) is 2. The molecule has 1 rings (SSSR count). The van der Waals surface area contributed by atoms with Crippen LogP contribution < -0.4 is 0 Å². The maximum Gasteiger partial charge on any atom is 0.112 e. The fourth-order valence-electron chi connectivity index (χ4n) is 0.929. The summed E-state index contributed by atoms with van der Waals surface area (Å²) >= 11 is 2.37. The van der Waals surface area contributed by atoms with Gasteiger partial charge >= 0.3 is 0 Å². The largest absolute Gasteiger partial charge is 0.311 e. The van der Waals surface area contributed by atoms with E-state index in [0.29, 0.717) is 0 Å². The van der Waals surface area contributed by atoms with Crippen LogP contribution in [0.4, 0.5) is 0 Å². The molecule has 0 bridgehead atoms. The van der Waals surface area contributed by atoms with Crippen LogP contribution >= 0.6 is 22.6 Å². The van der Waals surface area contributed by atoms with Crippen molar-refractivity contribution in [1.29, 1.82) is 0 Å². The molecule has 0 aromatic carbocycles. The Hall–Kier alpha value is -0.320. The Bertz CT molecular complexity index is 230.